The quantitative estimate of drug-likeness (QED) is 0.817. The predicted molar refractivity (Wildman–Crippen MR) is 78.3 cm³/mol. The summed E-state index contributed by atoms with van der Waals surface area (Å²) >= 11 is 7.89. The lowest BCUT2D eigenvalue weighted by molar-refractivity contribution is 0.0367. The molecule has 0 unspecified atom stereocenters. The van der Waals surface area contributed by atoms with Crippen molar-refractivity contribution in [3.63, 3.8) is 0 Å². The number of thiophene rings is 1. The van der Waals surface area contributed by atoms with E-state index in [9.17, 15) is 13.5 Å². The molecule has 0 amide bonds. The standard InChI is InChI=1S/C10H13Br2NO3S2/c1-13(5-6-2-7(14)3-6)18(15,16)8-4-9(11)17-10(8)12/h4,6-7,14H,2-3,5H2,1H3. The Morgan fingerprint density at radius 3 is 2.56 bits per heavy atom. The van der Waals surface area contributed by atoms with Crippen molar-refractivity contribution in [2.24, 2.45) is 5.92 Å². The molecule has 1 aromatic heterocycles. The lowest BCUT2D eigenvalue weighted by Gasteiger charge is -2.33. The molecule has 1 saturated carbocycles. The smallest absolute Gasteiger partial charge is 0.244 e. The zero-order valence-corrected chi connectivity index (χ0v) is 14.4. The number of sulfonamides is 1. The van der Waals surface area contributed by atoms with Crippen LogP contribution in [0.15, 0.2) is 18.5 Å². The van der Waals surface area contributed by atoms with E-state index in [4.69, 9.17) is 0 Å². The van der Waals surface area contributed by atoms with E-state index in [1.807, 2.05) is 0 Å². The Hall–Kier alpha value is 0.530. The maximum absolute atomic E-state index is 12.3. The minimum atomic E-state index is -3.45. The first-order chi connectivity index (χ1) is 8.30. The summed E-state index contributed by atoms with van der Waals surface area (Å²) in [4.78, 5) is 0.293. The second-order valence-electron chi connectivity index (χ2n) is 4.47. The summed E-state index contributed by atoms with van der Waals surface area (Å²) in [7, 11) is -1.87. The summed E-state index contributed by atoms with van der Waals surface area (Å²) < 4.78 is 27.4. The molecular formula is C10H13Br2NO3S2. The first-order valence-electron chi connectivity index (χ1n) is 5.40. The molecule has 18 heavy (non-hydrogen) atoms. The normalized spacial score (nSPS) is 24.3. The van der Waals surface area contributed by atoms with Crippen molar-refractivity contribution in [1.82, 2.24) is 4.31 Å². The molecule has 102 valence electrons. The highest BCUT2D eigenvalue weighted by atomic mass is 79.9. The molecule has 0 bridgehead atoms. The first-order valence-corrected chi connectivity index (χ1v) is 9.24. The number of aliphatic hydroxyl groups is 1. The maximum Gasteiger partial charge on any atom is 0.244 e. The minimum absolute atomic E-state index is 0.256. The monoisotopic (exact) mass is 417 g/mol. The average Bonchev–Trinajstić information content (AvgIpc) is 2.56. The van der Waals surface area contributed by atoms with Crippen LogP contribution >= 0.6 is 43.2 Å². The van der Waals surface area contributed by atoms with Gasteiger partial charge in [0.05, 0.1) is 13.7 Å². The Morgan fingerprint density at radius 2 is 2.11 bits per heavy atom. The minimum Gasteiger partial charge on any atom is -0.393 e. The SMILES string of the molecule is CN(CC1CC(O)C1)S(=O)(=O)c1cc(Br)sc1Br. The Balaban J connectivity index is 2.13. The molecule has 1 aliphatic rings. The molecule has 0 spiro atoms. The van der Waals surface area contributed by atoms with E-state index >= 15 is 0 Å². The molecule has 1 aromatic rings. The number of hydrogen-bond acceptors (Lipinski definition) is 4. The second kappa shape index (κ2) is 5.49. The van der Waals surface area contributed by atoms with Gasteiger partial charge in [0.2, 0.25) is 10.0 Å². The van der Waals surface area contributed by atoms with E-state index in [1.165, 1.54) is 15.6 Å². The first kappa shape index (κ1) is 14.9. The Morgan fingerprint density at radius 1 is 1.50 bits per heavy atom. The van der Waals surface area contributed by atoms with Crippen molar-refractivity contribution < 1.29 is 13.5 Å². The van der Waals surface area contributed by atoms with Crippen LogP contribution in [0.1, 0.15) is 12.8 Å². The van der Waals surface area contributed by atoms with Crippen LogP contribution in [-0.4, -0.2) is 37.5 Å². The van der Waals surface area contributed by atoms with Crippen LogP contribution in [0.4, 0.5) is 0 Å². The van der Waals surface area contributed by atoms with Crippen molar-refractivity contribution in [2.45, 2.75) is 23.8 Å². The molecule has 1 N–H and O–H groups in total. The third kappa shape index (κ3) is 2.99. The van der Waals surface area contributed by atoms with E-state index in [2.05, 4.69) is 31.9 Å². The number of nitrogens with zero attached hydrogens (tertiary/aromatic N) is 1. The lowest BCUT2D eigenvalue weighted by Crippen LogP contribution is -2.39. The average molecular weight is 419 g/mol. The van der Waals surface area contributed by atoms with Crippen LogP contribution in [0.5, 0.6) is 0 Å². The van der Waals surface area contributed by atoms with Crippen molar-refractivity contribution in [2.75, 3.05) is 13.6 Å². The fourth-order valence-corrected chi connectivity index (χ4v) is 6.98. The number of aliphatic hydroxyl groups excluding tert-OH is 1. The fourth-order valence-electron chi connectivity index (χ4n) is 1.98. The zero-order valence-electron chi connectivity index (χ0n) is 9.64. The third-order valence-corrected chi connectivity index (χ3v) is 7.62. The van der Waals surface area contributed by atoms with Gasteiger partial charge in [0, 0.05) is 13.6 Å². The molecule has 0 saturated heterocycles. The summed E-state index contributed by atoms with van der Waals surface area (Å²) in [5, 5.41) is 9.22. The lowest BCUT2D eigenvalue weighted by atomic mass is 9.82. The highest BCUT2D eigenvalue weighted by molar-refractivity contribution is 9.12. The van der Waals surface area contributed by atoms with Gasteiger partial charge in [-0.05, 0) is 56.7 Å². The molecule has 2 rings (SSSR count). The van der Waals surface area contributed by atoms with Gasteiger partial charge in [0.15, 0.2) is 0 Å². The molecule has 0 aliphatic heterocycles. The van der Waals surface area contributed by atoms with E-state index in [1.54, 1.807) is 13.1 Å². The Kier molecular flexibility index (Phi) is 4.56. The van der Waals surface area contributed by atoms with Gasteiger partial charge in [0.1, 0.15) is 4.90 Å². The van der Waals surface area contributed by atoms with Crippen LogP contribution in [0.2, 0.25) is 0 Å². The Bertz CT molecular complexity index is 537. The largest absolute Gasteiger partial charge is 0.393 e. The topological polar surface area (TPSA) is 57.6 Å². The molecule has 1 aliphatic carbocycles. The summed E-state index contributed by atoms with van der Waals surface area (Å²) in [6.07, 6.45) is 1.12. The van der Waals surface area contributed by atoms with E-state index in [-0.39, 0.29) is 12.0 Å². The highest BCUT2D eigenvalue weighted by Gasteiger charge is 2.32. The summed E-state index contributed by atoms with van der Waals surface area (Å²) in [5.74, 6) is 0.264. The van der Waals surface area contributed by atoms with E-state index in [0.29, 0.717) is 28.1 Å². The molecular weight excluding hydrogens is 406 g/mol. The van der Waals surface area contributed by atoms with Crippen molar-refractivity contribution >= 4 is 53.2 Å². The Labute approximate surface area is 127 Å². The summed E-state index contributed by atoms with van der Waals surface area (Å²) in [6.45, 7) is 0.458. The van der Waals surface area contributed by atoms with Crippen molar-refractivity contribution in [3.05, 3.63) is 13.6 Å². The molecule has 0 atom stereocenters. The summed E-state index contributed by atoms with van der Waals surface area (Å²) in [6, 6.07) is 1.61. The van der Waals surface area contributed by atoms with Crippen molar-refractivity contribution in [1.29, 1.82) is 0 Å². The summed E-state index contributed by atoms with van der Waals surface area (Å²) in [5.41, 5.74) is 0. The van der Waals surface area contributed by atoms with Gasteiger partial charge in [-0.3, -0.25) is 0 Å². The number of rotatable bonds is 4. The molecule has 8 heteroatoms. The van der Waals surface area contributed by atoms with Gasteiger partial charge in [0.25, 0.3) is 0 Å². The van der Waals surface area contributed by atoms with Gasteiger partial charge in [-0.1, -0.05) is 0 Å². The van der Waals surface area contributed by atoms with Crippen LogP contribution in [0, 0.1) is 5.92 Å². The van der Waals surface area contributed by atoms with Gasteiger partial charge in [-0.2, -0.15) is 0 Å². The van der Waals surface area contributed by atoms with Crippen LogP contribution in [-0.2, 0) is 10.0 Å². The van der Waals surface area contributed by atoms with Gasteiger partial charge in [-0.25, -0.2) is 12.7 Å². The zero-order chi connectivity index (χ0) is 13.5. The van der Waals surface area contributed by atoms with Gasteiger partial charge in [-0.15, -0.1) is 11.3 Å². The molecule has 1 fully saturated rings. The van der Waals surface area contributed by atoms with Crippen molar-refractivity contribution in [3.8, 4) is 0 Å². The molecule has 0 radical (unpaired) electrons. The van der Waals surface area contributed by atoms with Crippen LogP contribution in [0.3, 0.4) is 0 Å². The molecule has 0 aromatic carbocycles. The number of hydrogen-bond donors (Lipinski definition) is 1. The molecule has 1 heterocycles. The third-order valence-electron chi connectivity index (χ3n) is 3.04. The van der Waals surface area contributed by atoms with Gasteiger partial charge < -0.3 is 5.11 Å². The highest BCUT2D eigenvalue weighted by Crippen LogP contribution is 2.37. The molecule has 4 nitrogen and oxygen atoms in total. The number of halogens is 2. The second-order valence-corrected chi connectivity index (χ2v) is 10.2. The van der Waals surface area contributed by atoms with E-state index in [0.717, 1.165) is 3.79 Å². The predicted octanol–water partition coefficient (Wildman–Crippen LogP) is 2.66. The van der Waals surface area contributed by atoms with Crippen LogP contribution in [0.25, 0.3) is 0 Å². The van der Waals surface area contributed by atoms with Crippen LogP contribution < -0.4 is 0 Å². The fraction of sp³-hybridized carbons (Fsp3) is 0.600. The van der Waals surface area contributed by atoms with Gasteiger partial charge >= 0.3 is 0 Å². The van der Waals surface area contributed by atoms with E-state index < -0.39 is 10.0 Å². The maximum atomic E-state index is 12.3.